The van der Waals surface area contributed by atoms with Crippen molar-refractivity contribution in [1.29, 1.82) is 0 Å². The lowest BCUT2D eigenvalue weighted by atomic mass is 10.1. The van der Waals surface area contributed by atoms with Gasteiger partial charge >= 0.3 is 0 Å². The first-order valence-electron chi connectivity index (χ1n) is 13.6. The Morgan fingerprint density at radius 1 is 1.18 bits per heavy atom. The van der Waals surface area contributed by atoms with Crippen LogP contribution in [0.25, 0.3) is 16.9 Å². The number of fused-ring (bicyclic) bond motifs is 1. The van der Waals surface area contributed by atoms with Crippen LogP contribution in [0.15, 0.2) is 33.0 Å². The molecule has 3 heterocycles. The third kappa shape index (κ3) is 6.44. The lowest BCUT2D eigenvalue weighted by Gasteiger charge is -2.33. The second-order valence-corrected chi connectivity index (χ2v) is 10.9. The molecular weight excluding hydrogens is 536 g/mol. The predicted octanol–water partition coefficient (Wildman–Crippen LogP) is 1.32. The number of rotatable bonds is 13. The van der Waals surface area contributed by atoms with Crippen LogP contribution < -0.4 is 10.3 Å². The average Bonchev–Trinajstić information content (AvgIpc) is 3.22. The van der Waals surface area contributed by atoms with E-state index in [2.05, 4.69) is 15.0 Å². The molecule has 1 aliphatic rings. The third-order valence-electron chi connectivity index (χ3n) is 6.80. The van der Waals surface area contributed by atoms with Crippen LogP contribution in [0, 0.1) is 6.92 Å². The maximum Gasteiger partial charge on any atom is 0.275 e. The van der Waals surface area contributed by atoms with Crippen molar-refractivity contribution in [3.05, 3.63) is 45.4 Å². The number of H-pyrrole nitrogens is 1. The number of hydrogen-bond acceptors (Lipinski definition) is 9. The lowest BCUT2D eigenvalue weighted by molar-refractivity contribution is 0.0997. The smallest absolute Gasteiger partial charge is 0.275 e. The second-order valence-electron chi connectivity index (χ2n) is 9.42. The summed E-state index contributed by atoms with van der Waals surface area (Å²) in [6.07, 6.45) is 3.02. The molecule has 1 saturated heterocycles. The van der Waals surface area contributed by atoms with E-state index in [9.17, 15) is 14.1 Å². The molecule has 0 aliphatic carbocycles. The number of aromatic nitrogens is 3. The summed E-state index contributed by atoms with van der Waals surface area (Å²) in [5, 5.41) is 27.0. The fraction of sp³-hybridized carbons (Fsp3) is 0.519. The molecular formula is C27H38N6O6S. The number of hydrogen-bond donors (Lipinski definition) is 3. The number of oxime groups is 1. The minimum Gasteiger partial charge on any atom is -0.493 e. The van der Waals surface area contributed by atoms with Gasteiger partial charge in [0.15, 0.2) is 5.82 Å². The largest absolute Gasteiger partial charge is 0.493 e. The Hall–Kier alpha value is -3.10. The Bertz CT molecular complexity index is 1410. The summed E-state index contributed by atoms with van der Waals surface area (Å²) >= 11 is 0. The van der Waals surface area contributed by atoms with E-state index in [1.807, 2.05) is 25.1 Å². The van der Waals surface area contributed by atoms with Crippen molar-refractivity contribution in [2.45, 2.75) is 38.5 Å². The van der Waals surface area contributed by atoms with Crippen LogP contribution in [0.2, 0.25) is 0 Å². The summed E-state index contributed by atoms with van der Waals surface area (Å²) < 4.78 is 23.0. The van der Waals surface area contributed by atoms with E-state index in [-0.39, 0.29) is 25.4 Å². The highest BCUT2D eigenvalue weighted by Crippen LogP contribution is 2.31. The first-order valence-corrected chi connectivity index (χ1v) is 14.7. The van der Waals surface area contributed by atoms with Gasteiger partial charge in [-0.3, -0.25) is 9.69 Å². The summed E-state index contributed by atoms with van der Waals surface area (Å²) in [7, 11) is -1.42. The molecule has 1 aliphatic heterocycles. The molecule has 13 heteroatoms. The highest BCUT2D eigenvalue weighted by atomic mass is 32.2. The van der Waals surface area contributed by atoms with Crippen LogP contribution >= 0.6 is 0 Å². The van der Waals surface area contributed by atoms with Crippen LogP contribution in [-0.4, -0.2) is 104 Å². The van der Waals surface area contributed by atoms with Crippen LogP contribution in [0.3, 0.4) is 0 Å². The van der Waals surface area contributed by atoms with Crippen molar-refractivity contribution in [3.8, 4) is 17.1 Å². The summed E-state index contributed by atoms with van der Waals surface area (Å²) in [4.78, 5) is 24.1. The Balaban J connectivity index is 1.76. The van der Waals surface area contributed by atoms with Gasteiger partial charge in [0, 0.05) is 38.3 Å². The van der Waals surface area contributed by atoms with E-state index in [1.54, 1.807) is 28.9 Å². The second kappa shape index (κ2) is 14.0. The zero-order chi connectivity index (χ0) is 28.6. The normalized spacial score (nSPS) is 15.7. The fourth-order valence-corrected chi connectivity index (χ4v) is 6.06. The average molecular weight is 575 g/mol. The Labute approximate surface area is 235 Å². The van der Waals surface area contributed by atoms with Crippen LogP contribution in [0.5, 0.6) is 5.75 Å². The van der Waals surface area contributed by atoms with Crippen molar-refractivity contribution in [2.24, 2.45) is 5.16 Å². The molecule has 1 fully saturated rings. The van der Waals surface area contributed by atoms with E-state index in [4.69, 9.17) is 19.8 Å². The monoisotopic (exact) mass is 574 g/mol. The molecule has 3 aromatic rings. The van der Waals surface area contributed by atoms with Gasteiger partial charge in [-0.05, 0) is 44.0 Å². The van der Waals surface area contributed by atoms with E-state index < -0.39 is 11.0 Å². The summed E-state index contributed by atoms with van der Waals surface area (Å²) in [6, 6.07) is 5.32. The Kier molecular flexibility index (Phi) is 10.5. The quantitative estimate of drug-likeness (QED) is 0.158. The minimum atomic E-state index is -1.42. The molecule has 4 rings (SSSR count). The molecule has 0 saturated carbocycles. The zero-order valence-corrected chi connectivity index (χ0v) is 24.1. The molecule has 0 bridgehead atoms. The van der Waals surface area contributed by atoms with Crippen LogP contribution in [0.1, 0.15) is 37.1 Å². The highest BCUT2D eigenvalue weighted by molar-refractivity contribution is 7.82. The van der Waals surface area contributed by atoms with Gasteiger partial charge in [-0.25, -0.2) is 13.0 Å². The summed E-state index contributed by atoms with van der Waals surface area (Å²) in [5.74, 6) is 0.832. The van der Waals surface area contributed by atoms with Crippen LogP contribution in [0.4, 0.5) is 0 Å². The lowest BCUT2D eigenvalue weighted by Crippen LogP contribution is -2.47. The fourth-order valence-electron chi connectivity index (χ4n) is 4.87. The number of ether oxygens (including phenoxy) is 1. The predicted molar refractivity (Wildman–Crippen MR) is 153 cm³/mol. The molecule has 12 nitrogen and oxygen atoms in total. The van der Waals surface area contributed by atoms with Gasteiger partial charge in [-0.15, -0.1) is 5.10 Å². The van der Waals surface area contributed by atoms with Gasteiger partial charge in [0.1, 0.15) is 28.9 Å². The van der Waals surface area contributed by atoms with E-state index in [0.717, 1.165) is 36.3 Å². The standard InChI is InChI=1S/C27H38N6O6S/c1-4-6-23-22(18-28-39-16-15-35)19(3)25-27(36)29-26(30-33(23)25)21-17-20(7-8-24(21)38-5-2)40(37)32-11-9-31(10-12-32)13-14-34/h7-8,17-18,34-35H,4-6,9-16H2,1-3H3,(H,29,30,36)/b28-18+. The third-order valence-corrected chi connectivity index (χ3v) is 8.29. The summed E-state index contributed by atoms with van der Waals surface area (Å²) in [6.45, 7) is 9.50. The van der Waals surface area contributed by atoms with Gasteiger partial charge in [0.2, 0.25) is 0 Å². The summed E-state index contributed by atoms with van der Waals surface area (Å²) in [5.41, 5.74) is 2.92. The number of aromatic amines is 1. The molecule has 1 atom stereocenters. The molecule has 40 heavy (non-hydrogen) atoms. The highest BCUT2D eigenvalue weighted by Gasteiger charge is 2.24. The molecule has 1 aromatic carbocycles. The number of aryl methyl sites for hydroxylation is 2. The first kappa shape index (κ1) is 29.9. The maximum atomic E-state index is 13.5. The topological polar surface area (TPSA) is 145 Å². The van der Waals surface area contributed by atoms with E-state index in [0.29, 0.717) is 60.2 Å². The first-order chi connectivity index (χ1) is 19.4. The Morgan fingerprint density at radius 3 is 2.62 bits per heavy atom. The van der Waals surface area contributed by atoms with Crippen molar-refractivity contribution in [1.82, 2.24) is 23.8 Å². The Morgan fingerprint density at radius 2 is 1.95 bits per heavy atom. The van der Waals surface area contributed by atoms with Gasteiger partial charge < -0.3 is 24.8 Å². The van der Waals surface area contributed by atoms with Crippen molar-refractivity contribution in [2.75, 3.05) is 59.2 Å². The van der Waals surface area contributed by atoms with Crippen molar-refractivity contribution in [3.63, 3.8) is 0 Å². The van der Waals surface area contributed by atoms with Gasteiger partial charge in [0.25, 0.3) is 5.56 Å². The molecule has 2 aromatic heterocycles. The number of β-amino-alcohol motifs (C(OH)–C–C–N with tert-alkyl or cyclic N) is 1. The number of aliphatic hydroxyl groups excluding tert-OH is 2. The minimum absolute atomic E-state index is 0.0747. The van der Waals surface area contributed by atoms with Crippen molar-refractivity contribution >= 4 is 22.7 Å². The molecule has 218 valence electrons. The van der Waals surface area contributed by atoms with Crippen molar-refractivity contribution < 1.29 is 24.0 Å². The van der Waals surface area contributed by atoms with Gasteiger partial charge in [0.05, 0.1) is 42.2 Å². The molecule has 0 amide bonds. The number of aliphatic hydroxyl groups is 2. The van der Waals surface area contributed by atoms with E-state index >= 15 is 0 Å². The number of piperazine rings is 1. The van der Waals surface area contributed by atoms with E-state index in [1.165, 1.54) is 0 Å². The number of benzene rings is 1. The molecule has 3 N–H and O–H groups in total. The van der Waals surface area contributed by atoms with Gasteiger partial charge in [-0.2, -0.15) is 0 Å². The molecule has 0 radical (unpaired) electrons. The SMILES string of the molecule is CCCc1c(/C=N/OCCO)c(C)c2c(=O)[nH]c(-c3cc(S(=O)N4CCN(CCO)CC4)ccc3OCC)nn12. The maximum absolute atomic E-state index is 13.5. The van der Waals surface area contributed by atoms with Crippen LogP contribution in [-0.2, 0) is 22.2 Å². The number of nitrogens with one attached hydrogen (secondary N) is 1. The molecule has 0 spiro atoms. The number of nitrogens with zero attached hydrogens (tertiary/aromatic N) is 5. The molecule has 1 unspecified atom stereocenters. The van der Waals surface area contributed by atoms with Gasteiger partial charge in [-0.1, -0.05) is 18.5 Å². The zero-order valence-electron chi connectivity index (χ0n) is 23.3.